The number of rotatable bonds is 6. The number of fused-ring (bicyclic) bond motifs is 1. The maximum atomic E-state index is 12.7. The number of aromatic nitrogens is 6. The fourth-order valence-electron chi connectivity index (χ4n) is 2.88. The number of aryl methyl sites for hydroxylation is 1. The van der Waals surface area contributed by atoms with Crippen molar-refractivity contribution in [2.75, 3.05) is 5.73 Å². The van der Waals surface area contributed by atoms with Gasteiger partial charge in [-0.25, -0.2) is 4.98 Å². The lowest BCUT2D eigenvalue weighted by Crippen LogP contribution is -2.26. The largest absolute Gasteiger partial charge is 0.382 e. The van der Waals surface area contributed by atoms with Crippen molar-refractivity contribution in [3.63, 3.8) is 0 Å². The summed E-state index contributed by atoms with van der Waals surface area (Å²) in [6.45, 7) is 0.784. The molecular formula is C16H17N9OS. The summed E-state index contributed by atoms with van der Waals surface area (Å²) in [6, 6.07) is 3.51. The molecule has 27 heavy (non-hydrogen) atoms. The van der Waals surface area contributed by atoms with Crippen molar-refractivity contribution in [1.82, 2.24) is 34.8 Å². The van der Waals surface area contributed by atoms with Crippen LogP contribution < -0.4 is 11.1 Å². The number of nitrogens with one attached hydrogen (secondary N) is 3. The minimum absolute atomic E-state index is 0.273. The molecule has 0 saturated carbocycles. The molecule has 0 fully saturated rings. The van der Waals surface area contributed by atoms with Crippen molar-refractivity contribution < 1.29 is 4.79 Å². The fourth-order valence-corrected chi connectivity index (χ4v) is 3.98. The highest BCUT2D eigenvalue weighted by atomic mass is 32.1. The second kappa shape index (κ2) is 6.68. The van der Waals surface area contributed by atoms with Crippen LogP contribution in [-0.4, -0.2) is 41.7 Å². The lowest BCUT2D eigenvalue weighted by Gasteiger charge is -2.06. The number of H-pyrrole nitrogens is 1. The minimum Gasteiger partial charge on any atom is -0.382 e. The Hall–Kier alpha value is -3.47. The molecular weight excluding hydrogens is 366 g/mol. The van der Waals surface area contributed by atoms with Gasteiger partial charge in [-0.15, -0.1) is 11.3 Å². The van der Waals surface area contributed by atoms with E-state index in [1.807, 2.05) is 0 Å². The molecule has 0 aromatic carbocycles. The van der Waals surface area contributed by atoms with Gasteiger partial charge >= 0.3 is 0 Å². The number of nitrogens with zero attached hydrogens (tertiary/aromatic N) is 5. The highest BCUT2D eigenvalue weighted by molar-refractivity contribution is 7.19. The van der Waals surface area contributed by atoms with E-state index in [-0.39, 0.29) is 5.91 Å². The van der Waals surface area contributed by atoms with Gasteiger partial charge in [-0.2, -0.15) is 10.2 Å². The van der Waals surface area contributed by atoms with E-state index in [1.165, 1.54) is 17.6 Å². The summed E-state index contributed by atoms with van der Waals surface area (Å²) in [5.74, 6) is 0.178. The van der Waals surface area contributed by atoms with Gasteiger partial charge in [0.2, 0.25) is 0 Å². The normalized spacial score (nSPS) is 11.1. The third-order valence-electron chi connectivity index (χ3n) is 4.11. The number of hydrogen-bond acceptors (Lipinski definition) is 7. The smallest absolute Gasteiger partial charge is 0.269 e. The third-order valence-corrected chi connectivity index (χ3v) is 5.18. The fraction of sp³-hybridized carbons (Fsp3) is 0.188. The van der Waals surface area contributed by atoms with Crippen LogP contribution in [0.1, 0.15) is 26.8 Å². The molecule has 0 radical (unpaired) electrons. The zero-order valence-corrected chi connectivity index (χ0v) is 15.2. The van der Waals surface area contributed by atoms with Crippen LogP contribution in [0, 0.1) is 5.41 Å². The van der Waals surface area contributed by atoms with E-state index in [0.717, 1.165) is 15.4 Å². The molecule has 0 saturated heterocycles. The quantitative estimate of drug-likeness (QED) is 0.369. The Morgan fingerprint density at radius 3 is 3.00 bits per heavy atom. The summed E-state index contributed by atoms with van der Waals surface area (Å²) >= 11 is 1.44. The lowest BCUT2D eigenvalue weighted by molar-refractivity contribution is 0.0942. The van der Waals surface area contributed by atoms with Gasteiger partial charge in [0.1, 0.15) is 16.5 Å². The van der Waals surface area contributed by atoms with Gasteiger partial charge in [-0.1, -0.05) is 0 Å². The van der Waals surface area contributed by atoms with Gasteiger partial charge in [0.15, 0.2) is 5.65 Å². The molecule has 11 heteroatoms. The maximum absolute atomic E-state index is 12.7. The van der Waals surface area contributed by atoms with Gasteiger partial charge in [0, 0.05) is 31.2 Å². The Kier molecular flexibility index (Phi) is 4.20. The first-order valence-electron chi connectivity index (χ1n) is 8.11. The molecule has 0 aliphatic rings. The van der Waals surface area contributed by atoms with Crippen LogP contribution in [0.3, 0.4) is 0 Å². The number of carbonyl (C=O) groups is 1. The molecule has 0 spiro atoms. The van der Waals surface area contributed by atoms with E-state index in [2.05, 4.69) is 25.6 Å². The standard InChI is InChI=1S/C16H17N9OS/c1-24-13(16(26)19-7-9-2-4-20-22-9)10(6-17)14-15(24)21-12(27-14)8-25-5-3-11(18)23-25/h2-6,17H,7-8H2,1H3,(H2,18,23)(H,19,26)(H,20,22). The van der Waals surface area contributed by atoms with E-state index >= 15 is 0 Å². The Morgan fingerprint density at radius 2 is 2.33 bits per heavy atom. The molecule has 10 nitrogen and oxygen atoms in total. The highest BCUT2D eigenvalue weighted by Gasteiger charge is 2.23. The lowest BCUT2D eigenvalue weighted by atomic mass is 10.2. The third kappa shape index (κ3) is 3.08. The van der Waals surface area contributed by atoms with E-state index in [0.29, 0.717) is 35.8 Å². The molecule has 1 amide bonds. The predicted octanol–water partition coefficient (Wildman–Crippen LogP) is 1.11. The van der Waals surface area contributed by atoms with E-state index in [1.54, 1.807) is 40.8 Å². The monoisotopic (exact) mass is 383 g/mol. The van der Waals surface area contributed by atoms with E-state index in [4.69, 9.17) is 11.1 Å². The first kappa shape index (κ1) is 17.0. The molecule has 4 rings (SSSR count). The zero-order valence-electron chi connectivity index (χ0n) is 14.4. The summed E-state index contributed by atoms with van der Waals surface area (Å²) < 4.78 is 4.22. The Labute approximate surface area is 157 Å². The van der Waals surface area contributed by atoms with Crippen molar-refractivity contribution in [3.8, 4) is 0 Å². The van der Waals surface area contributed by atoms with Crippen LogP contribution in [0.2, 0.25) is 0 Å². The average molecular weight is 383 g/mol. The summed E-state index contributed by atoms with van der Waals surface area (Å²) in [7, 11) is 1.77. The molecule has 0 atom stereocenters. The van der Waals surface area contributed by atoms with Crippen molar-refractivity contribution >= 4 is 39.6 Å². The highest BCUT2D eigenvalue weighted by Crippen LogP contribution is 2.30. The van der Waals surface area contributed by atoms with Gasteiger partial charge in [-0.05, 0) is 12.1 Å². The number of hydrogen-bond donors (Lipinski definition) is 4. The number of aromatic amines is 1. The summed E-state index contributed by atoms with van der Waals surface area (Å²) in [5, 5.41) is 22.3. The Bertz CT molecular complexity index is 1120. The molecule has 0 aliphatic heterocycles. The zero-order chi connectivity index (χ0) is 19.0. The molecule has 0 bridgehead atoms. The van der Waals surface area contributed by atoms with Crippen LogP contribution in [-0.2, 0) is 20.1 Å². The first-order chi connectivity index (χ1) is 13.1. The molecule has 0 aliphatic carbocycles. The van der Waals surface area contributed by atoms with E-state index < -0.39 is 0 Å². The first-order valence-corrected chi connectivity index (χ1v) is 8.93. The van der Waals surface area contributed by atoms with Crippen molar-refractivity contribution in [1.29, 1.82) is 5.41 Å². The van der Waals surface area contributed by atoms with Crippen molar-refractivity contribution in [2.24, 2.45) is 7.05 Å². The summed E-state index contributed by atoms with van der Waals surface area (Å²) in [4.78, 5) is 17.3. The molecule has 0 unspecified atom stereocenters. The van der Waals surface area contributed by atoms with Crippen LogP contribution >= 0.6 is 11.3 Å². The van der Waals surface area contributed by atoms with Crippen LogP contribution in [0.4, 0.5) is 5.82 Å². The predicted molar refractivity (Wildman–Crippen MR) is 102 cm³/mol. The second-order valence-electron chi connectivity index (χ2n) is 5.91. The molecule has 5 N–H and O–H groups in total. The number of carbonyl (C=O) groups excluding carboxylic acids is 1. The molecule has 4 heterocycles. The number of amides is 1. The Morgan fingerprint density at radius 1 is 1.48 bits per heavy atom. The minimum atomic E-state index is -0.273. The van der Waals surface area contributed by atoms with Crippen molar-refractivity contribution in [2.45, 2.75) is 13.1 Å². The SMILES string of the molecule is Cn1c(C(=O)NCc2cc[nH]n2)c(C=N)c2sc(Cn3ccc(N)n3)nc21. The number of thiazole rings is 1. The Balaban J connectivity index is 1.63. The van der Waals surface area contributed by atoms with Crippen molar-refractivity contribution in [3.05, 3.63) is 46.5 Å². The van der Waals surface area contributed by atoms with Crippen LogP contribution in [0.15, 0.2) is 24.5 Å². The number of nitrogens with two attached hydrogens (primary N) is 1. The van der Waals surface area contributed by atoms with Gasteiger partial charge < -0.3 is 21.0 Å². The van der Waals surface area contributed by atoms with Crippen LogP contribution in [0.5, 0.6) is 0 Å². The van der Waals surface area contributed by atoms with Gasteiger partial charge in [0.05, 0.1) is 23.5 Å². The second-order valence-corrected chi connectivity index (χ2v) is 7.00. The molecule has 4 aromatic rings. The van der Waals surface area contributed by atoms with Gasteiger partial charge in [-0.3, -0.25) is 14.6 Å². The molecule has 4 aromatic heterocycles. The summed E-state index contributed by atoms with van der Waals surface area (Å²) in [6.07, 6.45) is 4.67. The topological polar surface area (TPSA) is 143 Å². The molecule has 138 valence electrons. The van der Waals surface area contributed by atoms with Gasteiger partial charge in [0.25, 0.3) is 5.91 Å². The van der Waals surface area contributed by atoms with E-state index in [9.17, 15) is 4.79 Å². The van der Waals surface area contributed by atoms with Crippen LogP contribution in [0.25, 0.3) is 10.3 Å². The number of anilines is 1. The average Bonchev–Trinajstić information content (AvgIpc) is 3.40. The summed E-state index contributed by atoms with van der Waals surface area (Å²) in [5.41, 5.74) is 7.99. The maximum Gasteiger partial charge on any atom is 0.269 e. The number of nitrogen functional groups attached to an aromatic ring is 1.